The largest absolute Gasteiger partial charge is 0.370 e. The van der Waals surface area contributed by atoms with E-state index in [1.165, 1.54) is 6.92 Å². The number of primary amides is 1. The van der Waals surface area contributed by atoms with Gasteiger partial charge in [-0.2, -0.15) is 4.59 Å². The molecule has 16 heavy (non-hydrogen) atoms. The van der Waals surface area contributed by atoms with Gasteiger partial charge >= 0.3 is 0 Å². The quantitative estimate of drug-likeness (QED) is 0.541. The topological polar surface area (TPSA) is 55.5 Å². The standard InChI is InChI=1S/C7H10Br3N2.C2H5NO/c1-3-4-12(2)7(10)5(8)6(9)11-12;1-2(3)4/h3-4H2,1-2H3;1H3,(H2,3,4)/q+1;. The first-order chi connectivity index (χ1) is 7.24. The highest BCUT2D eigenvalue weighted by Crippen LogP contribution is 2.37. The first-order valence-electron chi connectivity index (χ1n) is 4.68. The number of amides is 1. The molecule has 1 rings (SSSR count). The molecular weight excluding hydrogens is 406 g/mol. The van der Waals surface area contributed by atoms with Gasteiger partial charge in [0.15, 0.2) is 4.62 Å². The van der Waals surface area contributed by atoms with Crippen LogP contribution in [0.25, 0.3) is 0 Å². The maximum Gasteiger partial charge on any atom is 0.219 e. The Morgan fingerprint density at radius 3 is 2.12 bits per heavy atom. The molecule has 0 bridgehead atoms. The minimum Gasteiger partial charge on any atom is -0.370 e. The summed E-state index contributed by atoms with van der Waals surface area (Å²) in [4.78, 5) is 9.22. The molecule has 0 aromatic heterocycles. The van der Waals surface area contributed by atoms with Crippen LogP contribution in [-0.4, -0.2) is 28.7 Å². The van der Waals surface area contributed by atoms with Crippen LogP contribution in [0.1, 0.15) is 20.3 Å². The molecule has 1 unspecified atom stereocenters. The number of nitrogens with two attached hydrogens (primary N) is 1. The van der Waals surface area contributed by atoms with Crippen LogP contribution in [0.2, 0.25) is 0 Å². The molecule has 1 heterocycles. The maximum absolute atomic E-state index is 9.22. The normalized spacial score (nSPS) is 23.8. The second-order valence-electron chi connectivity index (χ2n) is 3.47. The van der Waals surface area contributed by atoms with Gasteiger partial charge in [-0.25, -0.2) is 0 Å². The molecule has 0 saturated heterocycles. The van der Waals surface area contributed by atoms with Crippen LogP contribution in [0.4, 0.5) is 0 Å². The van der Waals surface area contributed by atoms with Gasteiger partial charge in [-0.15, -0.1) is 0 Å². The van der Waals surface area contributed by atoms with Crippen molar-refractivity contribution in [3.05, 3.63) is 9.09 Å². The third-order valence-corrected chi connectivity index (χ3v) is 5.28. The van der Waals surface area contributed by atoms with Crippen molar-refractivity contribution < 1.29 is 9.39 Å². The van der Waals surface area contributed by atoms with E-state index in [-0.39, 0.29) is 5.91 Å². The molecule has 0 aromatic rings. The van der Waals surface area contributed by atoms with Crippen LogP contribution in [0.3, 0.4) is 0 Å². The summed E-state index contributed by atoms with van der Waals surface area (Å²) in [7, 11) is 2.07. The number of quaternary nitrogens is 1. The smallest absolute Gasteiger partial charge is 0.219 e. The Labute approximate surface area is 121 Å². The predicted molar refractivity (Wildman–Crippen MR) is 77.5 cm³/mol. The fraction of sp³-hybridized carbons (Fsp3) is 0.556. The maximum atomic E-state index is 9.22. The Hall–Kier alpha value is 0.280. The van der Waals surface area contributed by atoms with Crippen molar-refractivity contribution in [2.75, 3.05) is 13.6 Å². The summed E-state index contributed by atoms with van der Waals surface area (Å²) >= 11 is 10.4. The summed E-state index contributed by atoms with van der Waals surface area (Å²) in [5.74, 6) is -0.333. The summed E-state index contributed by atoms with van der Waals surface area (Å²) < 4.78 is 3.57. The number of rotatable bonds is 2. The van der Waals surface area contributed by atoms with Crippen LogP contribution in [0.5, 0.6) is 0 Å². The third kappa shape index (κ3) is 4.65. The summed E-state index contributed by atoms with van der Waals surface area (Å²) in [5.41, 5.74) is 4.47. The van der Waals surface area contributed by atoms with E-state index in [9.17, 15) is 4.79 Å². The van der Waals surface area contributed by atoms with Crippen molar-refractivity contribution in [1.82, 2.24) is 0 Å². The summed E-state index contributed by atoms with van der Waals surface area (Å²) in [6, 6.07) is 0. The second-order valence-corrected chi connectivity index (χ2v) is 5.76. The average molecular weight is 421 g/mol. The predicted octanol–water partition coefficient (Wildman–Crippen LogP) is 3.02. The molecule has 1 atom stereocenters. The Kier molecular flexibility index (Phi) is 7.00. The number of carbonyl (C=O) groups is 1. The molecule has 1 aliphatic heterocycles. The van der Waals surface area contributed by atoms with Crippen LogP contribution >= 0.6 is 47.8 Å². The van der Waals surface area contributed by atoms with Crippen molar-refractivity contribution in [3.63, 3.8) is 0 Å². The Morgan fingerprint density at radius 2 is 1.88 bits per heavy atom. The van der Waals surface area contributed by atoms with Gasteiger partial charge in [0.25, 0.3) is 0 Å². The van der Waals surface area contributed by atoms with E-state index in [0.717, 1.165) is 26.7 Å². The monoisotopic (exact) mass is 418 g/mol. The molecule has 0 radical (unpaired) electrons. The number of hydrogen-bond acceptors (Lipinski definition) is 2. The van der Waals surface area contributed by atoms with Crippen molar-refractivity contribution in [2.45, 2.75) is 20.3 Å². The minimum absolute atomic E-state index is 0.333. The van der Waals surface area contributed by atoms with E-state index in [0.29, 0.717) is 4.59 Å². The lowest BCUT2D eigenvalue weighted by molar-refractivity contribution is -0.868. The fourth-order valence-corrected chi connectivity index (χ4v) is 2.87. The highest BCUT2D eigenvalue weighted by Gasteiger charge is 2.36. The molecule has 92 valence electrons. The van der Waals surface area contributed by atoms with Gasteiger partial charge in [0.1, 0.15) is 11.0 Å². The molecule has 4 nitrogen and oxygen atoms in total. The van der Waals surface area contributed by atoms with Gasteiger partial charge < -0.3 is 5.73 Å². The fourth-order valence-electron chi connectivity index (χ4n) is 1.16. The first kappa shape index (κ1) is 16.3. The van der Waals surface area contributed by atoms with Crippen LogP contribution in [0.15, 0.2) is 14.2 Å². The van der Waals surface area contributed by atoms with Crippen molar-refractivity contribution in [1.29, 1.82) is 0 Å². The van der Waals surface area contributed by atoms with E-state index in [2.05, 4.69) is 72.6 Å². The molecule has 1 amide bonds. The number of hydrogen-bond donors (Lipinski definition) is 1. The zero-order valence-corrected chi connectivity index (χ0v) is 14.2. The Bertz CT molecular complexity index is 337. The van der Waals surface area contributed by atoms with Gasteiger partial charge in [0.05, 0.1) is 7.05 Å². The van der Waals surface area contributed by atoms with Gasteiger partial charge in [0.2, 0.25) is 10.5 Å². The molecule has 2 N–H and O–H groups in total. The lowest BCUT2D eigenvalue weighted by atomic mass is 10.4. The highest BCUT2D eigenvalue weighted by molar-refractivity contribution is 9.21. The number of halogens is 3. The van der Waals surface area contributed by atoms with E-state index in [1.807, 2.05) is 0 Å². The second kappa shape index (κ2) is 6.88. The van der Waals surface area contributed by atoms with Crippen molar-refractivity contribution >= 4 is 58.3 Å². The van der Waals surface area contributed by atoms with Gasteiger partial charge in [0, 0.05) is 22.9 Å². The Balaban J connectivity index is 0.000000487. The summed E-state index contributed by atoms with van der Waals surface area (Å²) in [5, 5.41) is 4.48. The van der Waals surface area contributed by atoms with Crippen molar-refractivity contribution in [3.8, 4) is 0 Å². The summed E-state index contributed by atoms with van der Waals surface area (Å²) in [6.45, 7) is 4.46. The minimum atomic E-state index is -0.333. The number of nitrogens with zero attached hydrogens (tertiary/aromatic N) is 2. The highest BCUT2D eigenvalue weighted by atomic mass is 79.9. The molecule has 0 aliphatic carbocycles. The van der Waals surface area contributed by atoms with Gasteiger partial charge in [-0.05, 0) is 38.3 Å². The first-order valence-corrected chi connectivity index (χ1v) is 7.06. The molecule has 0 spiro atoms. The molecule has 0 aromatic carbocycles. The SMILES string of the molecule is CC(N)=O.CCC[N+]1(C)N=C(Br)C(Br)=C1Br. The Morgan fingerprint density at radius 1 is 1.44 bits per heavy atom. The van der Waals surface area contributed by atoms with Crippen molar-refractivity contribution in [2.24, 2.45) is 10.8 Å². The zero-order valence-electron chi connectivity index (χ0n) is 9.43. The molecule has 1 aliphatic rings. The molecule has 0 fully saturated rings. The lowest BCUT2D eigenvalue weighted by Crippen LogP contribution is -2.34. The number of allylic oxidation sites excluding steroid dienone is 1. The van der Waals surface area contributed by atoms with E-state index < -0.39 is 0 Å². The van der Waals surface area contributed by atoms with E-state index in [1.54, 1.807) is 0 Å². The van der Waals surface area contributed by atoms with Gasteiger partial charge in [-0.3, -0.25) is 4.79 Å². The zero-order chi connectivity index (χ0) is 12.9. The number of carbonyl (C=O) groups excluding carboxylic acids is 1. The van der Waals surface area contributed by atoms with E-state index >= 15 is 0 Å². The molecule has 7 heteroatoms. The average Bonchev–Trinajstić information content (AvgIpc) is 2.30. The molecule has 0 saturated carbocycles. The van der Waals surface area contributed by atoms with E-state index in [4.69, 9.17) is 0 Å². The lowest BCUT2D eigenvalue weighted by Gasteiger charge is -2.22. The molecular formula is C9H15Br3N3O+. The van der Waals surface area contributed by atoms with Crippen LogP contribution < -0.4 is 5.73 Å². The van der Waals surface area contributed by atoms with Crippen LogP contribution in [0, 0.1) is 0 Å². The van der Waals surface area contributed by atoms with Crippen LogP contribution in [-0.2, 0) is 4.79 Å². The van der Waals surface area contributed by atoms with Gasteiger partial charge in [-0.1, -0.05) is 12.0 Å². The summed E-state index contributed by atoms with van der Waals surface area (Å²) in [6.07, 6.45) is 1.11. The third-order valence-electron chi connectivity index (χ3n) is 1.75.